The van der Waals surface area contributed by atoms with Crippen LogP contribution >= 0.6 is 0 Å². The van der Waals surface area contributed by atoms with E-state index < -0.39 is 26.8 Å². The summed E-state index contributed by atoms with van der Waals surface area (Å²) in [5.74, 6) is 0.0407. The average molecular weight is 480 g/mol. The summed E-state index contributed by atoms with van der Waals surface area (Å²) >= 11 is 0. The monoisotopic (exact) mass is 479 g/mol. The minimum absolute atomic E-state index is 0.0407. The summed E-state index contributed by atoms with van der Waals surface area (Å²) in [7, 11) is -7.35. The molecule has 0 N–H and O–H groups in total. The number of hydrogen-bond donors (Lipinski definition) is 0. The molecule has 0 amide bonds. The van der Waals surface area contributed by atoms with Crippen LogP contribution in [0.15, 0.2) is 23.1 Å². The highest BCUT2D eigenvalue weighted by molar-refractivity contribution is 7.93. The number of halogens is 2. The second-order valence-electron chi connectivity index (χ2n) is 7.24. The van der Waals surface area contributed by atoms with Crippen molar-refractivity contribution in [3.05, 3.63) is 34.2 Å². The number of ether oxygens (including phenoxy) is 1. The number of hydrogen-bond acceptors (Lipinski definition) is 5. The molecule has 1 aromatic carbocycles. The molecule has 174 valence electrons. The number of rotatable bonds is 8. The molecule has 2 aliphatic rings. The Hall–Kier alpha value is -1.60. The Morgan fingerprint density at radius 2 is 1.61 bits per heavy atom. The molecule has 3 rings (SSSR count). The van der Waals surface area contributed by atoms with Gasteiger partial charge in [0.2, 0.25) is 10.0 Å². The van der Waals surface area contributed by atoms with E-state index in [9.17, 15) is 25.6 Å². The van der Waals surface area contributed by atoms with Crippen LogP contribution in [0.4, 0.5) is 8.78 Å². The summed E-state index contributed by atoms with van der Waals surface area (Å²) in [6.07, 6.45) is 2.18. The quantitative estimate of drug-likeness (QED) is 0.570. The maximum absolute atomic E-state index is 13.1. The number of sulfonamides is 1. The van der Waals surface area contributed by atoms with Crippen LogP contribution in [0.1, 0.15) is 31.4 Å². The Morgan fingerprint density at radius 3 is 2.19 bits per heavy atom. The van der Waals surface area contributed by atoms with Crippen LogP contribution in [0.5, 0.6) is 5.75 Å². The number of allylic oxidation sites excluding steroid dienone is 1. The highest BCUT2D eigenvalue weighted by Crippen LogP contribution is 2.32. The molecule has 1 aromatic rings. The van der Waals surface area contributed by atoms with E-state index in [0.29, 0.717) is 25.1 Å². The maximum Gasteiger partial charge on any atom is 0.387 e. The Labute approximate surface area is 182 Å². The molecule has 1 saturated heterocycles. The van der Waals surface area contributed by atoms with Gasteiger partial charge in [-0.1, -0.05) is 19.9 Å². The average Bonchev–Trinajstić information content (AvgIpc) is 2.73. The van der Waals surface area contributed by atoms with Gasteiger partial charge in [0.15, 0.2) is 0 Å². The fourth-order valence-corrected chi connectivity index (χ4v) is 7.06. The maximum atomic E-state index is 13.1. The Morgan fingerprint density at radius 1 is 1.00 bits per heavy atom. The van der Waals surface area contributed by atoms with Crippen LogP contribution < -0.4 is 4.74 Å². The summed E-state index contributed by atoms with van der Waals surface area (Å²) < 4.78 is 84.7. The predicted octanol–water partition coefficient (Wildman–Crippen LogP) is 2.11. The van der Waals surface area contributed by atoms with E-state index in [4.69, 9.17) is 0 Å². The second kappa shape index (κ2) is 9.49. The van der Waals surface area contributed by atoms with E-state index in [-0.39, 0.29) is 43.3 Å². The zero-order valence-corrected chi connectivity index (χ0v) is 19.1. The van der Waals surface area contributed by atoms with Crippen molar-refractivity contribution in [3.63, 3.8) is 0 Å². The van der Waals surface area contributed by atoms with E-state index in [0.717, 1.165) is 5.56 Å². The Bertz CT molecular complexity index is 1030. The standard InChI is InChI=1S/C19H27F2N3O5S2/c1-3-22(4-2)31(27,28)24-11-9-23(10-12-24)30(25,26)18-8-6-15-13-17(29-19(20)21)7-5-16(15)14-18/h5,7,13-14,19H,3-4,6,8-12H2,1-2H3. The normalized spacial score (nSPS) is 18.8. The van der Waals surface area contributed by atoms with Crippen LogP contribution in [-0.4, -0.2) is 75.6 Å². The SMILES string of the molecule is CCN(CC)S(=O)(=O)N1CCN(S(=O)(=O)C2=Cc3ccc(OC(F)F)cc3CC2)CC1. The van der Waals surface area contributed by atoms with Gasteiger partial charge in [-0.05, 0) is 42.2 Å². The van der Waals surface area contributed by atoms with Gasteiger partial charge in [0.1, 0.15) is 5.75 Å². The van der Waals surface area contributed by atoms with E-state index in [1.807, 2.05) is 0 Å². The van der Waals surface area contributed by atoms with Gasteiger partial charge in [-0.3, -0.25) is 0 Å². The van der Waals surface area contributed by atoms with Crippen LogP contribution in [-0.2, 0) is 26.7 Å². The minimum atomic E-state index is -3.75. The molecule has 0 atom stereocenters. The Balaban J connectivity index is 1.73. The number of benzene rings is 1. The van der Waals surface area contributed by atoms with Gasteiger partial charge in [-0.25, -0.2) is 8.42 Å². The molecule has 1 aliphatic heterocycles. The second-order valence-corrected chi connectivity index (χ2v) is 11.2. The smallest absolute Gasteiger partial charge is 0.387 e. The van der Waals surface area contributed by atoms with Gasteiger partial charge in [-0.2, -0.15) is 30.1 Å². The van der Waals surface area contributed by atoms with Gasteiger partial charge in [-0.15, -0.1) is 0 Å². The van der Waals surface area contributed by atoms with Crippen molar-refractivity contribution in [2.24, 2.45) is 0 Å². The zero-order valence-electron chi connectivity index (χ0n) is 17.5. The topological polar surface area (TPSA) is 87.2 Å². The first-order valence-corrected chi connectivity index (χ1v) is 13.0. The van der Waals surface area contributed by atoms with E-state index >= 15 is 0 Å². The lowest BCUT2D eigenvalue weighted by Crippen LogP contribution is -2.54. The first-order valence-electron chi connectivity index (χ1n) is 10.1. The summed E-state index contributed by atoms with van der Waals surface area (Å²) in [5.41, 5.74) is 1.39. The minimum Gasteiger partial charge on any atom is -0.435 e. The summed E-state index contributed by atoms with van der Waals surface area (Å²) in [6, 6.07) is 4.45. The lowest BCUT2D eigenvalue weighted by molar-refractivity contribution is -0.0498. The molecule has 0 unspecified atom stereocenters. The van der Waals surface area contributed by atoms with E-state index in [1.54, 1.807) is 26.0 Å². The van der Waals surface area contributed by atoms with Crippen molar-refractivity contribution < 1.29 is 30.4 Å². The molecule has 1 aliphatic carbocycles. The summed E-state index contributed by atoms with van der Waals surface area (Å²) in [6.45, 7) is 1.66. The highest BCUT2D eigenvalue weighted by Gasteiger charge is 2.36. The molecule has 0 aromatic heterocycles. The number of fused-ring (bicyclic) bond motifs is 1. The fraction of sp³-hybridized carbons (Fsp3) is 0.579. The van der Waals surface area contributed by atoms with Crippen LogP contribution in [0, 0.1) is 0 Å². The van der Waals surface area contributed by atoms with Crippen molar-refractivity contribution in [1.29, 1.82) is 0 Å². The summed E-state index contributed by atoms with van der Waals surface area (Å²) in [4.78, 5) is 0.238. The lowest BCUT2D eigenvalue weighted by Gasteiger charge is -2.36. The third-order valence-corrected chi connectivity index (χ3v) is 9.74. The first-order chi connectivity index (χ1) is 14.6. The zero-order chi connectivity index (χ0) is 22.8. The number of aryl methyl sites for hydroxylation is 1. The van der Waals surface area contributed by atoms with Gasteiger partial charge in [0.05, 0.1) is 4.91 Å². The lowest BCUT2D eigenvalue weighted by atomic mass is 9.97. The molecular formula is C19H27F2N3O5S2. The van der Waals surface area contributed by atoms with Crippen molar-refractivity contribution in [2.75, 3.05) is 39.3 Å². The third kappa shape index (κ3) is 5.08. The first kappa shape index (κ1) is 24.1. The number of piperazine rings is 1. The number of alkyl halides is 2. The predicted molar refractivity (Wildman–Crippen MR) is 113 cm³/mol. The van der Waals surface area contributed by atoms with Crippen LogP contribution in [0.3, 0.4) is 0 Å². The Kier molecular flexibility index (Phi) is 7.36. The molecule has 0 saturated carbocycles. The molecule has 1 heterocycles. The van der Waals surface area contributed by atoms with Crippen molar-refractivity contribution in [3.8, 4) is 5.75 Å². The fourth-order valence-electron chi connectivity index (χ4n) is 3.84. The molecule has 0 spiro atoms. The molecular weight excluding hydrogens is 452 g/mol. The molecule has 0 radical (unpaired) electrons. The van der Waals surface area contributed by atoms with Gasteiger partial charge in [0, 0.05) is 39.3 Å². The molecule has 0 bridgehead atoms. The molecule has 8 nitrogen and oxygen atoms in total. The summed E-state index contributed by atoms with van der Waals surface area (Å²) in [5, 5.41) is 0. The van der Waals surface area contributed by atoms with E-state index in [2.05, 4.69) is 4.74 Å². The third-order valence-electron chi connectivity index (χ3n) is 5.52. The van der Waals surface area contributed by atoms with E-state index in [1.165, 1.54) is 25.0 Å². The van der Waals surface area contributed by atoms with Crippen molar-refractivity contribution in [2.45, 2.75) is 33.3 Å². The van der Waals surface area contributed by atoms with Crippen molar-refractivity contribution in [1.82, 2.24) is 12.9 Å². The largest absolute Gasteiger partial charge is 0.435 e. The van der Waals surface area contributed by atoms with Gasteiger partial charge < -0.3 is 4.74 Å². The molecule has 1 fully saturated rings. The highest BCUT2D eigenvalue weighted by atomic mass is 32.2. The van der Waals surface area contributed by atoms with Gasteiger partial charge >= 0.3 is 6.61 Å². The van der Waals surface area contributed by atoms with Crippen molar-refractivity contribution >= 4 is 26.3 Å². The molecule has 31 heavy (non-hydrogen) atoms. The van der Waals surface area contributed by atoms with Crippen LogP contribution in [0.2, 0.25) is 0 Å². The van der Waals surface area contributed by atoms with Gasteiger partial charge in [0.25, 0.3) is 10.2 Å². The molecule has 12 heteroatoms. The van der Waals surface area contributed by atoms with Crippen LogP contribution in [0.25, 0.3) is 6.08 Å². The number of nitrogens with zero attached hydrogens (tertiary/aromatic N) is 3.